The summed E-state index contributed by atoms with van der Waals surface area (Å²) in [5, 5.41) is 11.4. The summed E-state index contributed by atoms with van der Waals surface area (Å²) in [5.74, 6) is -1.19. The summed E-state index contributed by atoms with van der Waals surface area (Å²) in [5.41, 5.74) is 1.56. The number of esters is 1. The van der Waals surface area contributed by atoms with Crippen LogP contribution >= 0.6 is 0 Å². The van der Waals surface area contributed by atoms with Gasteiger partial charge in [-0.2, -0.15) is 0 Å². The number of aliphatic hydroxyl groups is 1. The summed E-state index contributed by atoms with van der Waals surface area (Å²) in [6.07, 6.45) is 0. The average Bonchev–Trinajstić information content (AvgIpc) is 3.07. The molecule has 0 aromatic heterocycles. The molecule has 1 aliphatic heterocycles. The van der Waals surface area contributed by atoms with Crippen molar-refractivity contribution >= 4 is 23.4 Å². The standard InChI is InChI=1S/C28H33NO7/c1-7-35-22-13-10-19(16-21(22)28(3,4)5)25(31)23-24(29(14-15-34-6)27(33)26(23)32)18-8-11-20(12-9-18)36-17(2)30/h8-13,16,24,31H,7,14-15H2,1-6H3/b25-23-. The molecule has 192 valence electrons. The Morgan fingerprint density at radius 2 is 1.75 bits per heavy atom. The van der Waals surface area contributed by atoms with Gasteiger partial charge in [0.2, 0.25) is 0 Å². The smallest absolute Gasteiger partial charge is 0.308 e. The molecule has 0 spiro atoms. The molecule has 3 rings (SSSR count). The third-order valence-corrected chi connectivity index (χ3v) is 5.89. The van der Waals surface area contributed by atoms with Crippen molar-refractivity contribution in [3.8, 4) is 11.5 Å². The molecule has 0 radical (unpaired) electrons. The molecule has 1 fully saturated rings. The molecule has 1 heterocycles. The number of methoxy groups -OCH3 is 1. The topological polar surface area (TPSA) is 102 Å². The van der Waals surface area contributed by atoms with E-state index in [1.807, 2.05) is 27.7 Å². The van der Waals surface area contributed by atoms with Gasteiger partial charge in [0, 0.05) is 31.7 Å². The van der Waals surface area contributed by atoms with Gasteiger partial charge in [0.05, 0.1) is 24.8 Å². The Bertz CT molecular complexity index is 1180. The molecule has 1 saturated heterocycles. The first kappa shape index (κ1) is 26.9. The largest absolute Gasteiger partial charge is 0.507 e. The first-order valence-corrected chi connectivity index (χ1v) is 11.8. The maximum atomic E-state index is 13.2. The number of likely N-dealkylation sites (tertiary alicyclic amines) is 1. The lowest BCUT2D eigenvalue weighted by molar-refractivity contribution is -0.140. The van der Waals surface area contributed by atoms with Crippen molar-refractivity contribution in [1.82, 2.24) is 4.90 Å². The minimum atomic E-state index is -0.837. The van der Waals surface area contributed by atoms with Crippen LogP contribution in [-0.2, 0) is 24.5 Å². The SMILES string of the molecule is CCOc1ccc(/C(O)=C2/C(=O)C(=O)N(CCOC)C2c2ccc(OC(C)=O)cc2)cc1C(C)(C)C. The minimum absolute atomic E-state index is 0.0136. The summed E-state index contributed by atoms with van der Waals surface area (Å²) in [6, 6.07) is 10.9. The molecule has 1 aliphatic rings. The Labute approximate surface area is 211 Å². The zero-order valence-corrected chi connectivity index (χ0v) is 21.6. The van der Waals surface area contributed by atoms with E-state index in [9.17, 15) is 19.5 Å². The zero-order chi connectivity index (χ0) is 26.6. The summed E-state index contributed by atoms with van der Waals surface area (Å²) in [4.78, 5) is 38.9. The van der Waals surface area contributed by atoms with Crippen molar-refractivity contribution in [2.45, 2.75) is 46.1 Å². The summed E-state index contributed by atoms with van der Waals surface area (Å²) in [7, 11) is 1.51. The van der Waals surface area contributed by atoms with E-state index in [2.05, 4.69) is 0 Å². The van der Waals surface area contributed by atoms with Crippen LogP contribution in [0.15, 0.2) is 48.0 Å². The summed E-state index contributed by atoms with van der Waals surface area (Å²) in [6.45, 7) is 10.2. The number of benzene rings is 2. The van der Waals surface area contributed by atoms with Gasteiger partial charge in [-0.15, -0.1) is 0 Å². The van der Waals surface area contributed by atoms with Crippen molar-refractivity contribution in [3.63, 3.8) is 0 Å². The fourth-order valence-corrected chi connectivity index (χ4v) is 4.23. The molecule has 2 aromatic rings. The highest BCUT2D eigenvalue weighted by Gasteiger charge is 2.46. The highest BCUT2D eigenvalue weighted by atomic mass is 16.5. The zero-order valence-electron chi connectivity index (χ0n) is 21.6. The van der Waals surface area contributed by atoms with Crippen LogP contribution in [0.1, 0.15) is 57.4 Å². The van der Waals surface area contributed by atoms with Gasteiger partial charge in [-0.1, -0.05) is 32.9 Å². The highest BCUT2D eigenvalue weighted by molar-refractivity contribution is 6.46. The molecule has 2 aromatic carbocycles. The van der Waals surface area contributed by atoms with Crippen LogP contribution in [-0.4, -0.2) is 54.5 Å². The quantitative estimate of drug-likeness (QED) is 0.191. The van der Waals surface area contributed by atoms with Crippen LogP contribution in [0.5, 0.6) is 11.5 Å². The van der Waals surface area contributed by atoms with E-state index >= 15 is 0 Å². The minimum Gasteiger partial charge on any atom is -0.507 e. The molecule has 1 unspecified atom stereocenters. The Balaban J connectivity index is 2.17. The molecular formula is C28H33NO7. The molecule has 8 heteroatoms. The number of ketones is 1. The predicted octanol–water partition coefficient (Wildman–Crippen LogP) is 4.38. The van der Waals surface area contributed by atoms with E-state index < -0.39 is 23.7 Å². The molecule has 8 nitrogen and oxygen atoms in total. The Hall–Kier alpha value is -3.65. The lowest BCUT2D eigenvalue weighted by atomic mass is 9.84. The predicted molar refractivity (Wildman–Crippen MR) is 135 cm³/mol. The molecule has 36 heavy (non-hydrogen) atoms. The van der Waals surface area contributed by atoms with Gasteiger partial charge in [-0.3, -0.25) is 14.4 Å². The van der Waals surface area contributed by atoms with Gasteiger partial charge in [0.25, 0.3) is 11.7 Å². The monoisotopic (exact) mass is 495 g/mol. The number of rotatable bonds is 8. The van der Waals surface area contributed by atoms with E-state index in [4.69, 9.17) is 14.2 Å². The third kappa shape index (κ3) is 5.60. The van der Waals surface area contributed by atoms with Crippen LogP contribution in [0.2, 0.25) is 0 Å². The van der Waals surface area contributed by atoms with Crippen LogP contribution < -0.4 is 9.47 Å². The van der Waals surface area contributed by atoms with Gasteiger partial charge >= 0.3 is 5.97 Å². The van der Waals surface area contributed by atoms with Crippen LogP contribution in [0, 0.1) is 0 Å². The van der Waals surface area contributed by atoms with Crippen molar-refractivity contribution < 1.29 is 33.7 Å². The number of Topliss-reactive ketones (excluding diaryl/α,β-unsaturated/α-hetero) is 1. The lowest BCUT2D eigenvalue weighted by Crippen LogP contribution is -2.32. The molecule has 0 bridgehead atoms. The van der Waals surface area contributed by atoms with Crippen LogP contribution in [0.4, 0.5) is 0 Å². The number of ether oxygens (including phenoxy) is 3. The number of carbonyl (C=O) groups is 3. The maximum absolute atomic E-state index is 13.2. The van der Waals surface area contributed by atoms with Crippen LogP contribution in [0.25, 0.3) is 5.76 Å². The van der Waals surface area contributed by atoms with Crippen molar-refractivity contribution in [1.29, 1.82) is 0 Å². The highest BCUT2D eigenvalue weighted by Crippen LogP contribution is 2.41. The van der Waals surface area contributed by atoms with Crippen molar-refractivity contribution in [2.24, 2.45) is 0 Å². The Morgan fingerprint density at radius 1 is 1.08 bits per heavy atom. The first-order valence-electron chi connectivity index (χ1n) is 11.8. The first-order chi connectivity index (χ1) is 17.0. The summed E-state index contributed by atoms with van der Waals surface area (Å²) >= 11 is 0. The second kappa shape index (κ2) is 11.0. The van der Waals surface area contributed by atoms with Gasteiger partial charge < -0.3 is 24.2 Å². The molecule has 1 amide bonds. The summed E-state index contributed by atoms with van der Waals surface area (Å²) < 4.78 is 16.0. The Kier molecular flexibility index (Phi) is 8.20. The van der Waals surface area contributed by atoms with Crippen molar-refractivity contribution in [3.05, 3.63) is 64.7 Å². The number of carbonyl (C=O) groups excluding carboxylic acids is 3. The molecule has 1 atom stereocenters. The number of amides is 1. The normalized spacial score (nSPS) is 17.4. The molecule has 1 N–H and O–H groups in total. The van der Waals surface area contributed by atoms with E-state index in [1.165, 1.54) is 18.9 Å². The third-order valence-electron chi connectivity index (χ3n) is 5.89. The number of nitrogens with zero attached hydrogens (tertiary/aromatic N) is 1. The number of hydrogen-bond donors (Lipinski definition) is 1. The average molecular weight is 496 g/mol. The molecular weight excluding hydrogens is 462 g/mol. The van der Waals surface area contributed by atoms with Gasteiger partial charge in [0.15, 0.2) is 0 Å². The molecule has 0 aliphatic carbocycles. The molecule has 0 saturated carbocycles. The van der Waals surface area contributed by atoms with Gasteiger partial charge in [-0.25, -0.2) is 0 Å². The fraction of sp³-hybridized carbons (Fsp3) is 0.393. The second-order valence-corrected chi connectivity index (χ2v) is 9.54. The number of aliphatic hydroxyl groups excluding tert-OH is 1. The lowest BCUT2D eigenvalue weighted by Gasteiger charge is -2.26. The van der Waals surface area contributed by atoms with E-state index in [0.717, 1.165) is 5.56 Å². The van der Waals surface area contributed by atoms with E-state index in [0.29, 0.717) is 29.2 Å². The van der Waals surface area contributed by atoms with Gasteiger partial charge in [0.1, 0.15) is 17.3 Å². The van der Waals surface area contributed by atoms with E-state index in [1.54, 1.807) is 42.5 Å². The maximum Gasteiger partial charge on any atom is 0.308 e. The van der Waals surface area contributed by atoms with E-state index in [-0.39, 0.29) is 29.9 Å². The van der Waals surface area contributed by atoms with Gasteiger partial charge in [-0.05, 0) is 48.2 Å². The number of hydrogen-bond acceptors (Lipinski definition) is 7. The second-order valence-electron chi connectivity index (χ2n) is 9.54. The van der Waals surface area contributed by atoms with Crippen LogP contribution in [0.3, 0.4) is 0 Å². The fourth-order valence-electron chi connectivity index (χ4n) is 4.23. The Morgan fingerprint density at radius 3 is 2.31 bits per heavy atom. The van der Waals surface area contributed by atoms with Crippen molar-refractivity contribution in [2.75, 3.05) is 26.9 Å².